The van der Waals surface area contributed by atoms with Gasteiger partial charge in [-0.3, -0.25) is 4.79 Å². The fraction of sp³-hybridized carbons (Fsp3) is 0.455. The maximum atomic E-state index is 12.9. The van der Waals surface area contributed by atoms with Crippen molar-refractivity contribution in [2.45, 2.75) is 50.3 Å². The van der Waals surface area contributed by atoms with Crippen LogP contribution in [0.25, 0.3) is 10.2 Å². The zero-order valence-corrected chi connectivity index (χ0v) is 20.4. The van der Waals surface area contributed by atoms with Crippen molar-refractivity contribution in [3.05, 3.63) is 46.1 Å². The average Bonchev–Trinajstić information content (AvgIpc) is 3.41. The Kier molecular flexibility index (Phi) is 6.48. The molecule has 166 valence electrons. The van der Waals surface area contributed by atoms with E-state index in [4.69, 9.17) is 0 Å². The summed E-state index contributed by atoms with van der Waals surface area (Å²) < 4.78 is 30.5. The zero-order chi connectivity index (χ0) is 22.2. The minimum Gasteiger partial charge on any atom is -0.317 e. The molecule has 0 aliphatic carbocycles. The highest BCUT2D eigenvalue weighted by Crippen LogP contribution is 2.27. The van der Waals surface area contributed by atoms with Gasteiger partial charge in [0.05, 0.1) is 10.2 Å². The third kappa shape index (κ3) is 4.41. The van der Waals surface area contributed by atoms with Gasteiger partial charge < -0.3 is 4.57 Å². The molecule has 1 saturated heterocycles. The number of aromatic nitrogens is 1. The van der Waals surface area contributed by atoms with Crippen molar-refractivity contribution in [3.63, 3.8) is 0 Å². The molecule has 1 aliphatic rings. The van der Waals surface area contributed by atoms with Crippen LogP contribution in [0.15, 0.2) is 44.9 Å². The van der Waals surface area contributed by atoms with Gasteiger partial charge in [0.1, 0.15) is 4.21 Å². The van der Waals surface area contributed by atoms with Crippen molar-refractivity contribution in [1.82, 2.24) is 8.87 Å². The Morgan fingerprint density at radius 1 is 1.23 bits per heavy atom. The Labute approximate surface area is 190 Å². The molecular weight excluding hydrogens is 450 g/mol. The summed E-state index contributed by atoms with van der Waals surface area (Å²) in [7, 11) is -3.46. The molecule has 0 saturated carbocycles. The number of carbonyl (C=O) groups excluding carboxylic acids is 1. The Hall–Kier alpha value is -1.81. The molecular formula is C22H27N3O3S3. The average molecular weight is 478 g/mol. The van der Waals surface area contributed by atoms with Crippen molar-refractivity contribution in [3.8, 4) is 0 Å². The van der Waals surface area contributed by atoms with Gasteiger partial charge in [0, 0.05) is 25.6 Å². The fourth-order valence-corrected chi connectivity index (χ4v) is 7.67. The van der Waals surface area contributed by atoms with E-state index in [0.29, 0.717) is 36.1 Å². The molecule has 3 heterocycles. The second-order valence-electron chi connectivity index (χ2n) is 8.07. The van der Waals surface area contributed by atoms with Gasteiger partial charge in [0.15, 0.2) is 4.80 Å². The summed E-state index contributed by atoms with van der Waals surface area (Å²) in [5.41, 5.74) is 2.37. The van der Waals surface area contributed by atoms with Crippen LogP contribution in [0.3, 0.4) is 0 Å². The molecule has 0 unspecified atom stereocenters. The molecule has 0 atom stereocenters. The van der Waals surface area contributed by atoms with Crippen LogP contribution < -0.4 is 4.80 Å². The molecule has 6 nitrogen and oxygen atoms in total. The Balaban J connectivity index is 1.54. The van der Waals surface area contributed by atoms with Crippen LogP contribution in [0.4, 0.5) is 0 Å². The minimum atomic E-state index is -3.46. The first-order valence-electron chi connectivity index (χ1n) is 10.6. The predicted molar refractivity (Wildman–Crippen MR) is 126 cm³/mol. The lowest BCUT2D eigenvalue weighted by atomic mass is 9.98. The number of amides is 1. The van der Waals surface area contributed by atoms with Crippen LogP contribution in [-0.4, -0.2) is 36.3 Å². The van der Waals surface area contributed by atoms with Gasteiger partial charge in [0.2, 0.25) is 0 Å². The van der Waals surface area contributed by atoms with Gasteiger partial charge in [0.25, 0.3) is 15.9 Å². The van der Waals surface area contributed by atoms with E-state index in [2.05, 4.69) is 48.5 Å². The van der Waals surface area contributed by atoms with Gasteiger partial charge in [-0.2, -0.15) is 9.30 Å². The number of thiophene rings is 1. The number of benzene rings is 1. The number of carbonyl (C=O) groups is 1. The van der Waals surface area contributed by atoms with Crippen molar-refractivity contribution < 1.29 is 13.2 Å². The van der Waals surface area contributed by atoms with Gasteiger partial charge in [-0.05, 0) is 54.8 Å². The van der Waals surface area contributed by atoms with Crippen LogP contribution in [0.1, 0.15) is 45.1 Å². The highest BCUT2D eigenvalue weighted by molar-refractivity contribution is 7.91. The normalized spacial score (nSPS) is 17.1. The monoisotopic (exact) mass is 477 g/mol. The third-order valence-corrected chi connectivity index (χ3v) is 10.1. The smallest absolute Gasteiger partial charge is 0.252 e. The summed E-state index contributed by atoms with van der Waals surface area (Å²) >= 11 is 2.77. The molecule has 4 rings (SSSR count). The van der Waals surface area contributed by atoms with Gasteiger partial charge in [-0.15, -0.1) is 11.3 Å². The zero-order valence-electron chi connectivity index (χ0n) is 17.9. The van der Waals surface area contributed by atoms with Crippen molar-refractivity contribution in [1.29, 1.82) is 0 Å². The van der Waals surface area contributed by atoms with Crippen LogP contribution in [-0.2, 0) is 21.4 Å². The van der Waals surface area contributed by atoms with E-state index in [1.165, 1.54) is 21.2 Å². The summed E-state index contributed by atoms with van der Waals surface area (Å²) in [6.07, 6.45) is 1.00. The maximum Gasteiger partial charge on any atom is 0.252 e. The molecule has 1 aromatic carbocycles. The number of piperidine rings is 1. The summed E-state index contributed by atoms with van der Waals surface area (Å²) in [6, 6.07) is 9.81. The first-order valence-corrected chi connectivity index (χ1v) is 13.7. The molecule has 1 fully saturated rings. The van der Waals surface area contributed by atoms with E-state index in [1.54, 1.807) is 28.8 Å². The minimum absolute atomic E-state index is 0.147. The lowest BCUT2D eigenvalue weighted by molar-refractivity contribution is -0.122. The molecule has 3 aromatic rings. The van der Waals surface area contributed by atoms with Crippen LogP contribution >= 0.6 is 22.7 Å². The lowest BCUT2D eigenvalue weighted by Gasteiger charge is -2.29. The second kappa shape index (κ2) is 8.97. The number of hydrogen-bond acceptors (Lipinski definition) is 5. The number of rotatable bonds is 5. The van der Waals surface area contributed by atoms with Crippen molar-refractivity contribution in [2.75, 3.05) is 13.1 Å². The summed E-state index contributed by atoms with van der Waals surface area (Å²) in [5.74, 6) is 0.0572. The molecule has 0 bridgehead atoms. The lowest BCUT2D eigenvalue weighted by Crippen LogP contribution is -2.40. The number of aryl methyl sites for hydroxylation is 1. The van der Waals surface area contributed by atoms with Crippen LogP contribution in [0.5, 0.6) is 0 Å². The summed E-state index contributed by atoms with van der Waals surface area (Å²) in [5, 5.41) is 1.76. The van der Waals surface area contributed by atoms with Crippen LogP contribution in [0.2, 0.25) is 0 Å². The van der Waals surface area contributed by atoms with Crippen LogP contribution in [0, 0.1) is 5.92 Å². The number of nitrogens with zero attached hydrogens (tertiary/aromatic N) is 3. The molecule has 1 aliphatic heterocycles. The molecule has 2 aromatic heterocycles. The number of hydrogen-bond donors (Lipinski definition) is 0. The van der Waals surface area contributed by atoms with Gasteiger partial charge in [-0.25, -0.2) is 8.42 Å². The SMILES string of the molecule is CCn1c(=NC(=O)C2CCN(S(=O)(=O)c3cccs3)CC2)sc2cc(C(C)C)ccc21. The van der Waals surface area contributed by atoms with Crippen molar-refractivity contribution >= 4 is 48.8 Å². The van der Waals surface area contributed by atoms with E-state index in [0.717, 1.165) is 21.6 Å². The second-order valence-corrected chi connectivity index (χ2v) is 12.2. The number of thiazole rings is 1. The molecule has 31 heavy (non-hydrogen) atoms. The number of fused-ring (bicyclic) bond motifs is 1. The van der Waals surface area contributed by atoms with E-state index in [-0.39, 0.29) is 11.8 Å². The highest BCUT2D eigenvalue weighted by Gasteiger charge is 2.32. The standard InChI is InChI=1S/C22H27N3O3S3/c1-4-25-18-8-7-17(15(2)3)14-19(18)30-22(25)23-21(26)16-9-11-24(12-10-16)31(27,28)20-6-5-13-29-20/h5-8,13-16H,4,9-12H2,1-3H3. The largest absolute Gasteiger partial charge is 0.317 e. The summed E-state index contributed by atoms with van der Waals surface area (Å²) in [6.45, 7) is 7.84. The molecule has 1 amide bonds. The van der Waals surface area contributed by atoms with E-state index in [9.17, 15) is 13.2 Å². The van der Waals surface area contributed by atoms with Crippen molar-refractivity contribution in [2.24, 2.45) is 10.9 Å². The predicted octanol–water partition coefficient (Wildman–Crippen LogP) is 4.44. The van der Waals surface area contributed by atoms with Gasteiger partial charge >= 0.3 is 0 Å². The van der Waals surface area contributed by atoms with E-state index < -0.39 is 10.0 Å². The quantitative estimate of drug-likeness (QED) is 0.546. The fourth-order valence-electron chi connectivity index (χ4n) is 3.91. The first kappa shape index (κ1) is 22.4. The third-order valence-electron chi connectivity index (χ3n) is 5.79. The molecule has 9 heteroatoms. The topological polar surface area (TPSA) is 71.7 Å². The Morgan fingerprint density at radius 2 is 1.97 bits per heavy atom. The number of sulfonamides is 1. The molecule has 0 spiro atoms. The first-order chi connectivity index (χ1) is 14.8. The maximum absolute atomic E-state index is 12.9. The van der Waals surface area contributed by atoms with E-state index >= 15 is 0 Å². The van der Waals surface area contributed by atoms with Gasteiger partial charge in [-0.1, -0.05) is 37.3 Å². The Bertz CT molecular complexity index is 1250. The highest BCUT2D eigenvalue weighted by atomic mass is 32.2. The summed E-state index contributed by atoms with van der Waals surface area (Å²) in [4.78, 5) is 18.1. The Morgan fingerprint density at radius 3 is 2.58 bits per heavy atom. The molecule has 0 radical (unpaired) electrons. The van der Waals surface area contributed by atoms with E-state index in [1.807, 2.05) is 0 Å². The molecule has 0 N–H and O–H groups in total.